The maximum absolute atomic E-state index is 5.34. The Bertz CT molecular complexity index is 477. The molecule has 0 saturated heterocycles. The van der Waals surface area contributed by atoms with Crippen LogP contribution in [0.25, 0.3) is 10.8 Å². The predicted molar refractivity (Wildman–Crippen MR) is 61.8 cm³/mol. The molecule has 15 heavy (non-hydrogen) atoms. The number of hydrogen-bond acceptors (Lipinski definition) is 1. The summed E-state index contributed by atoms with van der Waals surface area (Å²) in [5, 5.41) is 2.40. The first-order valence-corrected chi connectivity index (χ1v) is 5.12. The van der Waals surface area contributed by atoms with Gasteiger partial charge in [0.1, 0.15) is 11.8 Å². The molecule has 0 aliphatic heterocycles. The van der Waals surface area contributed by atoms with Crippen LogP contribution in [0.4, 0.5) is 0 Å². The molecule has 0 aliphatic carbocycles. The molecule has 0 heterocycles. The molecule has 2 heteroatoms. The van der Waals surface area contributed by atoms with Gasteiger partial charge in [-0.25, -0.2) is 0 Å². The first-order valence-electron chi connectivity index (χ1n) is 5.12. The van der Waals surface area contributed by atoms with Gasteiger partial charge in [0.05, 0.1) is 7.11 Å². The summed E-state index contributed by atoms with van der Waals surface area (Å²) in [5.41, 5.74) is 5.34. The van der Waals surface area contributed by atoms with Crippen molar-refractivity contribution in [3.63, 3.8) is 0 Å². The maximum Gasteiger partial charge on any atom is 0.126 e. The fourth-order valence-corrected chi connectivity index (χ4v) is 1.90. The van der Waals surface area contributed by atoms with E-state index < -0.39 is 0 Å². The van der Waals surface area contributed by atoms with Gasteiger partial charge in [0.25, 0.3) is 0 Å². The molecule has 0 unspecified atom stereocenters. The van der Waals surface area contributed by atoms with Crippen molar-refractivity contribution in [1.82, 2.24) is 0 Å². The molecule has 0 amide bonds. The van der Waals surface area contributed by atoms with Gasteiger partial charge >= 0.3 is 0 Å². The van der Waals surface area contributed by atoms with Crippen molar-refractivity contribution in [2.45, 2.75) is 13.0 Å². The van der Waals surface area contributed by atoms with E-state index in [4.69, 9.17) is 4.74 Å². The van der Waals surface area contributed by atoms with Crippen LogP contribution in [0, 0.1) is 0 Å². The van der Waals surface area contributed by atoms with E-state index in [9.17, 15) is 0 Å². The van der Waals surface area contributed by atoms with E-state index in [1.54, 1.807) is 7.11 Å². The summed E-state index contributed by atoms with van der Waals surface area (Å²) in [5.74, 6) is 0.926. The van der Waals surface area contributed by atoms with Crippen molar-refractivity contribution in [3.05, 3.63) is 42.0 Å². The SMILES string of the molecule is COc1ccc([C@@H](C)[NH3+])c2ccccc12. The van der Waals surface area contributed by atoms with Crippen molar-refractivity contribution >= 4 is 10.8 Å². The monoisotopic (exact) mass is 202 g/mol. The van der Waals surface area contributed by atoms with Gasteiger partial charge in [0.2, 0.25) is 0 Å². The second kappa shape index (κ2) is 3.91. The van der Waals surface area contributed by atoms with Crippen LogP contribution in [0.15, 0.2) is 36.4 Å². The first-order chi connectivity index (χ1) is 7.24. The maximum atomic E-state index is 5.34. The Morgan fingerprint density at radius 1 is 1.07 bits per heavy atom. The molecule has 3 N–H and O–H groups in total. The smallest absolute Gasteiger partial charge is 0.126 e. The summed E-state index contributed by atoms with van der Waals surface area (Å²) in [4.78, 5) is 0. The molecule has 0 aliphatic rings. The Labute approximate surface area is 89.7 Å². The third-order valence-corrected chi connectivity index (χ3v) is 2.67. The van der Waals surface area contributed by atoms with E-state index in [1.807, 2.05) is 18.2 Å². The number of methoxy groups -OCH3 is 1. The highest BCUT2D eigenvalue weighted by Crippen LogP contribution is 2.30. The molecular formula is C13H16NO+. The summed E-state index contributed by atoms with van der Waals surface area (Å²) in [6.45, 7) is 2.11. The van der Waals surface area contributed by atoms with Crippen LogP contribution in [0.1, 0.15) is 18.5 Å². The van der Waals surface area contributed by atoms with Crippen LogP contribution in [0.3, 0.4) is 0 Å². The van der Waals surface area contributed by atoms with Crippen molar-refractivity contribution < 1.29 is 10.5 Å². The number of hydrogen-bond donors (Lipinski definition) is 1. The second-order valence-corrected chi connectivity index (χ2v) is 3.80. The summed E-state index contributed by atoms with van der Waals surface area (Å²) >= 11 is 0. The molecule has 2 aromatic rings. The third kappa shape index (κ3) is 1.68. The van der Waals surface area contributed by atoms with Crippen LogP contribution in [0.2, 0.25) is 0 Å². The normalized spacial score (nSPS) is 12.7. The molecule has 0 bridgehead atoms. The number of quaternary nitrogens is 1. The van der Waals surface area contributed by atoms with Crippen molar-refractivity contribution in [3.8, 4) is 5.75 Å². The second-order valence-electron chi connectivity index (χ2n) is 3.80. The molecule has 0 aromatic heterocycles. The lowest BCUT2D eigenvalue weighted by molar-refractivity contribution is -0.420. The molecule has 1 atom stereocenters. The molecular weight excluding hydrogens is 186 g/mol. The van der Waals surface area contributed by atoms with Crippen molar-refractivity contribution in [2.24, 2.45) is 0 Å². The average molecular weight is 202 g/mol. The standard InChI is InChI=1S/C13H15NO/c1-9(14)10-7-8-13(15-2)12-6-4-3-5-11(10)12/h3-9H,14H2,1-2H3/p+1/t9-/m1/s1. The Balaban J connectivity index is 2.77. The quantitative estimate of drug-likeness (QED) is 0.796. The Hall–Kier alpha value is -1.54. The molecule has 0 spiro atoms. The lowest BCUT2D eigenvalue weighted by Crippen LogP contribution is -2.51. The summed E-state index contributed by atoms with van der Waals surface area (Å²) in [7, 11) is 1.70. The minimum absolute atomic E-state index is 0.292. The van der Waals surface area contributed by atoms with E-state index >= 15 is 0 Å². The zero-order valence-corrected chi connectivity index (χ0v) is 9.16. The van der Waals surface area contributed by atoms with Gasteiger partial charge in [0.15, 0.2) is 0 Å². The molecule has 2 rings (SSSR count). The number of fused-ring (bicyclic) bond motifs is 1. The highest BCUT2D eigenvalue weighted by Gasteiger charge is 2.10. The van der Waals surface area contributed by atoms with E-state index in [2.05, 4.69) is 30.9 Å². The zero-order chi connectivity index (χ0) is 10.8. The topological polar surface area (TPSA) is 36.9 Å². The largest absolute Gasteiger partial charge is 0.496 e. The predicted octanol–water partition coefficient (Wildman–Crippen LogP) is 2.15. The van der Waals surface area contributed by atoms with Crippen LogP contribution < -0.4 is 10.5 Å². The molecule has 2 aromatic carbocycles. The minimum atomic E-state index is 0.292. The van der Waals surface area contributed by atoms with Gasteiger partial charge in [0, 0.05) is 10.9 Å². The van der Waals surface area contributed by atoms with E-state index in [0.29, 0.717) is 6.04 Å². The highest BCUT2D eigenvalue weighted by atomic mass is 16.5. The summed E-state index contributed by atoms with van der Waals surface area (Å²) in [6.07, 6.45) is 0. The molecule has 0 saturated carbocycles. The third-order valence-electron chi connectivity index (χ3n) is 2.67. The van der Waals surface area contributed by atoms with Gasteiger partial charge in [-0.05, 0) is 24.4 Å². The molecule has 78 valence electrons. The Morgan fingerprint density at radius 2 is 1.73 bits per heavy atom. The minimum Gasteiger partial charge on any atom is -0.496 e. The van der Waals surface area contributed by atoms with E-state index in [-0.39, 0.29) is 0 Å². The van der Waals surface area contributed by atoms with E-state index in [0.717, 1.165) is 11.1 Å². The van der Waals surface area contributed by atoms with Gasteiger partial charge in [-0.2, -0.15) is 0 Å². The van der Waals surface area contributed by atoms with Crippen molar-refractivity contribution in [1.29, 1.82) is 0 Å². The number of rotatable bonds is 2. The molecule has 0 fully saturated rings. The zero-order valence-electron chi connectivity index (χ0n) is 9.16. The van der Waals surface area contributed by atoms with Gasteiger partial charge in [-0.3, -0.25) is 0 Å². The Morgan fingerprint density at radius 3 is 2.33 bits per heavy atom. The van der Waals surface area contributed by atoms with Crippen LogP contribution in [-0.4, -0.2) is 7.11 Å². The number of benzene rings is 2. The van der Waals surface area contributed by atoms with Gasteiger partial charge in [-0.15, -0.1) is 0 Å². The van der Waals surface area contributed by atoms with Gasteiger partial charge in [-0.1, -0.05) is 24.3 Å². The lowest BCUT2D eigenvalue weighted by atomic mass is 9.99. The van der Waals surface area contributed by atoms with Crippen LogP contribution in [-0.2, 0) is 0 Å². The van der Waals surface area contributed by atoms with Crippen LogP contribution in [0.5, 0.6) is 5.75 Å². The van der Waals surface area contributed by atoms with Crippen LogP contribution >= 0.6 is 0 Å². The van der Waals surface area contributed by atoms with Crippen molar-refractivity contribution in [2.75, 3.05) is 7.11 Å². The average Bonchev–Trinajstić information content (AvgIpc) is 2.27. The molecule has 2 nitrogen and oxygen atoms in total. The number of ether oxygens (including phenoxy) is 1. The fourth-order valence-electron chi connectivity index (χ4n) is 1.90. The first kappa shape index (κ1) is 9.99. The fraction of sp³-hybridized carbons (Fsp3) is 0.231. The van der Waals surface area contributed by atoms with E-state index in [1.165, 1.54) is 10.9 Å². The molecule has 0 radical (unpaired) electrons. The summed E-state index contributed by atoms with van der Waals surface area (Å²) < 4.78 is 5.34. The summed E-state index contributed by atoms with van der Waals surface area (Å²) in [6, 6.07) is 12.7. The highest BCUT2D eigenvalue weighted by molar-refractivity contribution is 5.91. The Kier molecular flexibility index (Phi) is 2.60. The van der Waals surface area contributed by atoms with Gasteiger partial charge < -0.3 is 10.5 Å². The lowest BCUT2D eigenvalue weighted by Gasteiger charge is -2.10.